The summed E-state index contributed by atoms with van der Waals surface area (Å²) in [5.41, 5.74) is 0.580. The van der Waals surface area contributed by atoms with Crippen LogP contribution in [-0.2, 0) is 25.6 Å². The average Bonchev–Trinajstić information content (AvgIpc) is 2.35. The molecule has 0 aliphatic heterocycles. The van der Waals surface area contributed by atoms with E-state index >= 15 is 0 Å². The Morgan fingerprint density at radius 1 is 1.19 bits per heavy atom. The molecule has 0 spiro atoms. The van der Waals surface area contributed by atoms with Gasteiger partial charge in [0.25, 0.3) is 0 Å². The first-order valence-corrected chi connectivity index (χ1v) is 6.87. The van der Waals surface area contributed by atoms with Crippen molar-refractivity contribution in [1.82, 2.24) is 0 Å². The highest BCUT2D eigenvalue weighted by Gasteiger charge is 2.16. The molecule has 0 radical (unpaired) electrons. The molecular formula is C15H20O5S. The number of hydrogen-bond acceptors (Lipinski definition) is 6. The predicted molar refractivity (Wildman–Crippen MR) is 80.5 cm³/mol. The van der Waals surface area contributed by atoms with Crippen LogP contribution >= 0.6 is 12.6 Å². The zero-order valence-corrected chi connectivity index (χ0v) is 13.5. The Morgan fingerprint density at radius 3 is 2.43 bits per heavy atom. The molecule has 1 aromatic rings. The monoisotopic (exact) mass is 312 g/mol. The summed E-state index contributed by atoms with van der Waals surface area (Å²) in [6.45, 7) is 5.40. The molecule has 0 heterocycles. The van der Waals surface area contributed by atoms with E-state index in [1.807, 2.05) is 0 Å². The summed E-state index contributed by atoms with van der Waals surface area (Å²) < 4.78 is 15.1. The van der Waals surface area contributed by atoms with Crippen molar-refractivity contribution >= 4 is 24.6 Å². The molecule has 0 aromatic heterocycles. The van der Waals surface area contributed by atoms with Crippen LogP contribution in [0.1, 0.15) is 36.7 Å². The molecule has 0 unspecified atom stereocenters. The molecule has 0 atom stereocenters. The molecule has 0 fully saturated rings. The van der Waals surface area contributed by atoms with E-state index in [9.17, 15) is 9.59 Å². The van der Waals surface area contributed by atoms with Gasteiger partial charge in [0.15, 0.2) is 0 Å². The van der Waals surface area contributed by atoms with Crippen molar-refractivity contribution in [3.63, 3.8) is 0 Å². The second kappa shape index (κ2) is 7.47. The highest BCUT2D eigenvalue weighted by atomic mass is 32.1. The number of hydrogen-bond donors (Lipinski definition) is 1. The van der Waals surface area contributed by atoms with Crippen molar-refractivity contribution in [2.75, 3.05) is 13.7 Å². The molecule has 5 nitrogen and oxygen atoms in total. The molecular weight excluding hydrogens is 292 g/mol. The van der Waals surface area contributed by atoms with Crippen molar-refractivity contribution in [3.8, 4) is 0 Å². The molecule has 0 N–H and O–H groups in total. The van der Waals surface area contributed by atoms with Crippen LogP contribution in [0.3, 0.4) is 0 Å². The third-order valence-electron chi connectivity index (χ3n) is 2.31. The fourth-order valence-corrected chi connectivity index (χ4v) is 1.92. The number of benzene rings is 1. The van der Waals surface area contributed by atoms with Gasteiger partial charge in [-0.1, -0.05) is 0 Å². The molecule has 6 heteroatoms. The SMILES string of the molecule is COC(=O)c1cc(S)cc(COCC(=O)OC(C)(C)C)c1. The standard InChI is InChI=1S/C15H20O5S/c1-15(2,3)20-13(16)9-19-8-10-5-11(14(17)18-4)7-12(21)6-10/h5-7,21H,8-9H2,1-4H3. The van der Waals surface area contributed by atoms with Crippen molar-refractivity contribution < 1.29 is 23.8 Å². The van der Waals surface area contributed by atoms with Crippen LogP contribution in [-0.4, -0.2) is 31.3 Å². The second-order valence-electron chi connectivity index (χ2n) is 5.46. The smallest absolute Gasteiger partial charge is 0.337 e. The van der Waals surface area contributed by atoms with E-state index < -0.39 is 17.5 Å². The number of rotatable bonds is 5. The Labute approximate surface area is 130 Å². The number of carbonyl (C=O) groups is 2. The lowest BCUT2D eigenvalue weighted by Crippen LogP contribution is -2.26. The summed E-state index contributed by atoms with van der Waals surface area (Å²) in [5.74, 6) is -0.878. The van der Waals surface area contributed by atoms with Crippen LogP contribution in [0, 0.1) is 0 Å². The lowest BCUT2D eigenvalue weighted by molar-refractivity contribution is -0.160. The van der Waals surface area contributed by atoms with Gasteiger partial charge in [-0.3, -0.25) is 0 Å². The summed E-state index contributed by atoms with van der Waals surface area (Å²) >= 11 is 4.22. The third kappa shape index (κ3) is 6.64. The minimum absolute atomic E-state index is 0.151. The van der Waals surface area contributed by atoms with E-state index in [0.717, 1.165) is 5.56 Å². The van der Waals surface area contributed by atoms with Crippen LogP contribution in [0.4, 0.5) is 0 Å². The van der Waals surface area contributed by atoms with Crippen LogP contribution < -0.4 is 0 Å². The van der Waals surface area contributed by atoms with E-state index in [0.29, 0.717) is 10.5 Å². The second-order valence-corrected chi connectivity index (χ2v) is 5.98. The Kier molecular flexibility index (Phi) is 6.23. The molecule has 116 valence electrons. The van der Waals surface area contributed by atoms with Crippen LogP contribution in [0.5, 0.6) is 0 Å². The third-order valence-corrected chi connectivity index (χ3v) is 2.57. The van der Waals surface area contributed by atoms with E-state index in [2.05, 4.69) is 17.4 Å². The highest BCUT2D eigenvalue weighted by Crippen LogP contribution is 2.15. The van der Waals surface area contributed by atoms with Gasteiger partial charge in [0.2, 0.25) is 0 Å². The van der Waals surface area contributed by atoms with Gasteiger partial charge < -0.3 is 14.2 Å². The topological polar surface area (TPSA) is 61.8 Å². The molecule has 21 heavy (non-hydrogen) atoms. The molecule has 0 amide bonds. The maximum atomic E-state index is 11.5. The molecule has 1 rings (SSSR count). The summed E-state index contributed by atoms with van der Waals surface area (Å²) in [7, 11) is 1.31. The van der Waals surface area contributed by atoms with Crippen molar-refractivity contribution in [1.29, 1.82) is 0 Å². The zero-order valence-electron chi connectivity index (χ0n) is 12.6. The Morgan fingerprint density at radius 2 is 1.86 bits per heavy atom. The first kappa shape index (κ1) is 17.5. The molecule has 0 aliphatic rings. The van der Waals surface area contributed by atoms with Gasteiger partial charge in [-0.15, -0.1) is 12.6 Å². The molecule has 1 aromatic carbocycles. The Hall–Kier alpha value is -1.53. The predicted octanol–water partition coefficient (Wildman–Crippen LogP) is 2.62. The van der Waals surface area contributed by atoms with Crippen molar-refractivity contribution in [2.45, 2.75) is 37.9 Å². The molecule has 0 saturated heterocycles. The van der Waals surface area contributed by atoms with E-state index in [-0.39, 0.29) is 13.2 Å². The average molecular weight is 312 g/mol. The minimum atomic E-state index is -0.538. The highest BCUT2D eigenvalue weighted by molar-refractivity contribution is 7.80. The molecule has 0 saturated carbocycles. The fourth-order valence-electron chi connectivity index (χ4n) is 1.62. The first-order chi connectivity index (χ1) is 9.71. The van der Waals surface area contributed by atoms with Gasteiger partial charge in [-0.2, -0.15) is 0 Å². The van der Waals surface area contributed by atoms with Crippen LogP contribution in [0.2, 0.25) is 0 Å². The zero-order chi connectivity index (χ0) is 16.0. The lowest BCUT2D eigenvalue weighted by atomic mass is 10.1. The van der Waals surface area contributed by atoms with Crippen LogP contribution in [0.25, 0.3) is 0 Å². The van der Waals surface area contributed by atoms with E-state index in [4.69, 9.17) is 9.47 Å². The van der Waals surface area contributed by atoms with Crippen LogP contribution in [0.15, 0.2) is 23.1 Å². The van der Waals surface area contributed by atoms with Gasteiger partial charge in [0, 0.05) is 4.90 Å². The molecule has 0 aliphatic carbocycles. The fraction of sp³-hybridized carbons (Fsp3) is 0.467. The maximum absolute atomic E-state index is 11.5. The number of carbonyl (C=O) groups excluding carboxylic acids is 2. The van der Waals surface area contributed by atoms with Gasteiger partial charge in [0.05, 0.1) is 19.3 Å². The number of ether oxygens (including phenoxy) is 3. The lowest BCUT2D eigenvalue weighted by Gasteiger charge is -2.19. The normalized spacial score (nSPS) is 11.1. The minimum Gasteiger partial charge on any atom is -0.465 e. The van der Waals surface area contributed by atoms with E-state index in [1.54, 1.807) is 39.0 Å². The van der Waals surface area contributed by atoms with Crippen molar-refractivity contribution in [3.05, 3.63) is 29.3 Å². The summed E-state index contributed by atoms with van der Waals surface area (Å²) in [6, 6.07) is 5.00. The van der Waals surface area contributed by atoms with Gasteiger partial charge in [0.1, 0.15) is 12.2 Å². The Bertz CT molecular complexity index is 519. The van der Waals surface area contributed by atoms with Gasteiger partial charge in [-0.25, -0.2) is 9.59 Å². The number of thiol groups is 1. The van der Waals surface area contributed by atoms with Gasteiger partial charge >= 0.3 is 11.9 Å². The van der Waals surface area contributed by atoms with Gasteiger partial charge in [-0.05, 0) is 44.5 Å². The quantitative estimate of drug-likeness (QED) is 0.669. The molecule has 0 bridgehead atoms. The number of esters is 2. The summed E-state index contributed by atoms with van der Waals surface area (Å²) in [4.78, 5) is 23.6. The Balaban J connectivity index is 2.58. The van der Waals surface area contributed by atoms with Crippen molar-refractivity contribution in [2.24, 2.45) is 0 Å². The van der Waals surface area contributed by atoms with E-state index in [1.165, 1.54) is 7.11 Å². The first-order valence-electron chi connectivity index (χ1n) is 6.42. The summed E-state index contributed by atoms with van der Waals surface area (Å²) in [6.07, 6.45) is 0. The largest absolute Gasteiger partial charge is 0.465 e. The number of methoxy groups -OCH3 is 1. The summed E-state index contributed by atoms with van der Waals surface area (Å²) in [5, 5.41) is 0. The maximum Gasteiger partial charge on any atom is 0.337 e.